The van der Waals surface area contributed by atoms with Gasteiger partial charge in [-0.15, -0.1) is 0 Å². The maximum Gasteiger partial charge on any atom is 0.243 e. The first-order valence-electron chi connectivity index (χ1n) is 23.9. The number of hydrogen-bond acceptors (Lipinski definition) is 16. The molecule has 12 rings (SSSR count). The highest BCUT2D eigenvalue weighted by Gasteiger charge is 2.35. The van der Waals surface area contributed by atoms with Crippen LogP contribution in [0.1, 0.15) is 57.0 Å². The Bertz CT molecular complexity index is 3690. The van der Waals surface area contributed by atoms with E-state index in [2.05, 4.69) is 25.2 Å². The summed E-state index contributed by atoms with van der Waals surface area (Å²) < 4.78 is 119. The second-order valence-electron chi connectivity index (χ2n) is 18.8. The summed E-state index contributed by atoms with van der Waals surface area (Å²) >= 11 is 0. The van der Waals surface area contributed by atoms with Gasteiger partial charge in [0.1, 0.15) is 59.7 Å². The van der Waals surface area contributed by atoms with E-state index in [0.717, 1.165) is 25.2 Å². The second-order valence-corrected chi connectivity index (χ2v) is 22.7. The number of halogens is 2. The Morgan fingerprint density at radius 2 is 1.17 bits per heavy atom. The number of aliphatic hydroxyl groups excluding tert-OH is 1. The molecule has 4 aliphatic rings. The summed E-state index contributed by atoms with van der Waals surface area (Å²) in [6, 6.07) is 23.2. The number of aromatic nitrogens is 4. The molecular formula is C53H46F2N8O10S2. The van der Waals surface area contributed by atoms with E-state index >= 15 is 8.78 Å². The van der Waals surface area contributed by atoms with Crippen molar-refractivity contribution in [1.29, 1.82) is 0 Å². The van der Waals surface area contributed by atoms with Crippen molar-refractivity contribution in [1.82, 2.24) is 38.8 Å². The molecule has 4 aliphatic heterocycles. The first-order chi connectivity index (χ1) is 36.2. The molecule has 22 heteroatoms. The highest BCUT2D eigenvalue weighted by Crippen LogP contribution is 2.39. The van der Waals surface area contributed by atoms with Gasteiger partial charge in [-0.3, -0.25) is 14.9 Å². The summed E-state index contributed by atoms with van der Waals surface area (Å²) in [7, 11) is -6.33. The van der Waals surface area contributed by atoms with Crippen molar-refractivity contribution in [3.63, 3.8) is 0 Å². The summed E-state index contributed by atoms with van der Waals surface area (Å²) in [5, 5.41) is 15.3. The Balaban J connectivity index is 0.835. The van der Waals surface area contributed by atoms with Crippen molar-refractivity contribution in [2.45, 2.75) is 60.4 Å². The van der Waals surface area contributed by atoms with Gasteiger partial charge in [0.15, 0.2) is 6.10 Å². The fourth-order valence-electron chi connectivity index (χ4n) is 9.53. The van der Waals surface area contributed by atoms with Crippen LogP contribution in [0.3, 0.4) is 0 Å². The largest absolute Gasteiger partial charge is 0.488 e. The Morgan fingerprint density at radius 1 is 0.627 bits per heavy atom. The number of fused-ring (bicyclic) bond motifs is 2. The number of sulfonamides is 2. The average Bonchev–Trinajstić information content (AvgIpc) is 4.24. The van der Waals surface area contributed by atoms with Gasteiger partial charge in [0, 0.05) is 76.4 Å². The van der Waals surface area contributed by atoms with Crippen molar-refractivity contribution in [2.75, 3.05) is 33.2 Å². The van der Waals surface area contributed by atoms with Gasteiger partial charge in [0.25, 0.3) is 0 Å². The van der Waals surface area contributed by atoms with Gasteiger partial charge in [-0.2, -0.15) is 8.61 Å². The van der Waals surface area contributed by atoms with Gasteiger partial charge in [0.05, 0.1) is 44.7 Å². The molecule has 0 saturated carbocycles. The Morgan fingerprint density at radius 3 is 1.72 bits per heavy atom. The minimum absolute atomic E-state index is 0.00102. The summed E-state index contributed by atoms with van der Waals surface area (Å²) in [6.07, 6.45) is 6.08. The van der Waals surface area contributed by atoms with E-state index in [1.54, 1.807) is 36.5 Å². The van der Waals surface area contributed by atoms with Crippen molar-refractivity contribution in [3.05, 3.63) is 185 Å². The van der Waals surface area contributed by atoms with Gasteiger partial charge in [-0.05, 0) is 108 Å². The lowest BCUT2D eigenvalue weighted by atomic mass is 10.0. The SMILES string of the molecule is CN1CC(Oc2cccc([C@H](Oc3cc(OC4CNC4)cc(C(O)c4cc5c(cn4)CN(S(=O)(=O)c4ccc(-c6ncco6)c(F)c4)C5)c3)c3cc4c(cn3)CN(S(=O)(=O)c3ccc(-c5ncco5)c(F)c3)C4)c2)C1. The quantitative estimate of drug-likeness (QED) is 0.102. The molecule has 18 nitrogen and oxygen atoms in total. The Hall–Kier alpha value is -7.44. The van der Waals surface area contributed by atoms with Gasteiger partial charge >= 0.3 is 0 Å². The molecule has 0 amide bonds. The number of likely N-dealkylation sites (tertiary alicyclic amines) is 1. The molecule has 0 radical (unpaired) electrons. The molecule has 8 heterocycles. The van der Waals surface area contributed by atoms with E-state index < -0.39 is 43.9 Å². The first-order valence-corrected chi connectivity index (χ1v) is 26.8. The number of nitrogens with one attached hydrogen (secondary N) is 1. The van der Waals surface area contributed by atoms with Crippen LogP contribution in [0.25, 0.3) is 22.9 Å². The zero-order chi connectivity index (χ0) is 51.6. The lowest BCUT2D eigenvalue weighted by Crippen LogP contribution is -2.51. The highest BCUT2D eigenvalue weighted by molar-refractivity contribution is 7.89. The van der Waals surface area contributed by atoms with Crippen LogP contribution in [0.4, 0.5) is 8.78 Å². The second kappa shape index (κ2) is 19.4. The summed E-state index contributed by atoms with van der Waals surface area (Å²) in [5.41, 5.74) is 4.34. The minimum atomic E-state index is -4.18. The van der Waals surface area contributed by atoms with E-state index in [9.17, 15) is 21.9 Å². The van der Waals surface area contributed by atoms with Crippen LogP contribution in [0.15, 0.2) is 147 Å². The molecule has 4 aromatic carbocycles. The fourth-order valence-corrected chi connectivity index (χ4v) is 12.4. The lowest BCUT2D eigenvalue weighted by molar-refractivity contribution is 0.0387. The maximum atomic E-state index is 15.3. The number of aliphatic hydroxyl groups is 1. The smallest absolute Gasteiger partial charge is 0.243 e. The zero-order valence-corrected chi connectivity index (χ0v) is 41.5. The number of hydrogen-bond donors (Lipinski definition) is 2. The third-order valence-electron chi connectivity index (χ3n) is 13.6. The number of benzene rings is 4. The van der Waals surface area contributed by atoms with Crippen LogP contribution >= 0.6 is 0 Å². The predicted octanol–water partition coefficient (Wildman–Crippen LogP) is 6.77. The van der Waals surface area contributed by atoms with E-state index in [4.69, 9.17) is 28.0 Å². The van der Waals surface area contributed by atoms with Crippen LogP contribution in [-0.2, 0) is 46.2 Å². The van der Waals surface area contributed by atoms with Crippen molar-refractivity contribution >= 4 is 20.0 Å². The third-order valence-corrected chi connectivity index (χ3v) is 17.2. The van der Waals surface area contributed by atoms with Crippen molar-refractivity contribution in [3.8, 4) is 40.2 Å². The summed E-state index contributed by atoms with van der Waals surface area (Å²) in [6.45, 7) is 2.64. The average molecular weight is 1060 g/mol. The number of ether oxygens (including phenoxy) is 3. The maximum absolute atomic E-state index is 15.3. The molecule has 384 valence electrons. The predicted molar refractivity (Wildman–Crippen MR) is 264 cm³/mol. The third kappa shape index (κ3) is 9.54. The highest BCUT2D eigenvalue weighted by atomic mass is 32.2. The first kappa shape index (κ1) is 48.5. The zero-order valence-electron chi connectivity index (χ0n) is 39.9. The molecule has 1 unspecified atom stereocenters. The van der Waals surface area contributed by atoms with E-state index in [1.165, 1.54) is 64.0 Å². The monoisotopic (exact) mass is 1060 g/mol. The van der Waals surface area contributed by atoms with Crippen LogP contribution in [0.2, 0.25) is 0 Å². The van der Waals surface area contributed by atoms with Gasteiger partial charge < -0.3 is 33.5 Å². The van der Waals surface area contributed by atoms with Crippen LogP contribution in [-0.4, -0.2) is 101 Å². The van der Waals surface area contributed by atoms with Gasteiger partial charge in [0.2, 0.25) is 31.8 Å². The van der Waals surface area contributed by atoms with Crippen molar-refractivity contribution < 1.29 is 53.8 Å². The number of oxazole rings is 2. The summed E-state index contributed by atoms with van der Waals surface area (Å²) in [4.78, 5) is 19.0. The summed E-state index contributed by atoms with van der Waals surface area (Å²) in [5.74, 6) is -0.223. The Labute approximate surface area is 429 Å². The molecule has 2 fully saturated rings. The van der Waals surface area contributed by atoms with Crippen LogP contribution in [0.5, 0.6) is 17.2 Å². The molecule has 0 bridgehead atoms. The minimum Gasteiger partial charge on any atom is -0.488 e. The molecule has 0 spiro atoms. The fraction of sp³-hybridized carbons (Fsp3) is 0.245. The molecule has 2 saturated heterocycles. The number of pyridine rings is 2. The normalized spacial score (nSPS) is 17.2. The molecule has 4 aromatic heterocycles. The number of rotatable bonds is 16. The molecular weight excluding hydrogens is 1010 g/mol. The molecule has 2 atom stereocenters. The molecule has 8 aromatic rings. The van der Waals surface area contributed by atoms with Crippen molar-refractivity contribution in [2.24, 2.45) is 0 Å². The number of likely N-dealkylation sites (N-methyl/N-ethyl adjacent to an activating group) is 1. The van der Waals surface area contributed by atoms with E-state index in [1.807, 2.05) is 31.3 Å². The lowest BCUT2D eigenvalue weighted by Gasteiger charge is -2.36. The van der Waals surface area contributed by atoms with Gasteiger partial charge in [-0.25, -0.2) is 35.6 Å². The van der Waals surface area contributed by atoms with Gasteiger partial charge in [-0.1, -0.05) is 12.1 Å². The number of nitrogens with zero attached hydrogens (tertiary/aromatic N) is 7. The molecule has 2 N–H and O–H groups in total. The molecule has 75 heavy (non-hydrogen) atoms. The topological polar surface area (TPSA) is 216 Å². The van der Waals surface area contributed by atoms with Crippen LogP contribution in [0, 0.1) is 11.6 Å². The van der Waals surface area contributed by atoms with E-state index in [-0.39, 0.29) is 76.8 Å². The standard InChI is InChI=1S/C53H46F2N8O10S2/c1-61-29-41(30-61)71-37-4-2-3-31(13-37)51(49-17-34-26-63(28-36(34)22-60-49)75(67,68)43-6-8-45(47(55)20-43)53-58-10-12-70-53)73-39-15-32(14-38(18-39)72-40-23-56-24-40)50(64)48-16-33-25-62(27-35(33)21-59-48)74(65,66)42-5-7-44(46(54)19-42)52-57-9-11-69-52/h2-22,40-41,50-51,56,64H,23-30H2,1H3/t50?,51-/m0/s1. The van der Waals surface area contributed by atoms with E-state index in [0.29, 0.717) is 69.4 Å². The molecule has 0 aliphatic carbocycles. The Kier molecular flexibility index (Phi) is 12.5. The van der Waals surface area contributed by atoms with Crippen LogP contribution < -0.4 is 19.5 Å².